The summed E-state index contributed by atoms with van der Waals surface area (Å²) in [6.45, 7) is 3.79. The number of nitriles is 1. The van der Waals surface area contributed by atoms with Crippen molar-refractivity contribution in [2.75, 3.05) is 12.4 Å². The maximum Gasteiger partial charge on any atom is 0.340 e. The van der Waals surface area contributed by atoms with Crippen LogP contribution in [0.3, 0.4) is 0 Å². The second-order valence-corrected chi connectivity index (χ2v) is 5.94. The number of pyridine rings is 1. The van der Waals surface area contributed by atoms with Crippen molar-refractivity contribution in [1.29, 1.82) is 5.26 Å². The lowest BCUT2D eigenvalue weighted by Crippen LogP contribution is -2.09. The van der Waals surface area contributed by atoms with E-state index in [2.05, 4.69) is 11.1 Å². The third-order valence-electron chi connectivity index (χ3n) is 3.22. The number of aromatic nitrogens is 1. The number of ether oxygens (including phenoxy) is 1. The third-order valence-corrected chi connectivity index (χ3v) is 4.16. The minimum absolute atomic E-state index is 0.293. The van der Waals surface area contributed by atoms with Crippen LogP contribution in [-0.2, 0) is 4.74 Å². The van der Waals surface area contributed by atoms with Gasteiger partial charge < -0.3 is 4.74 Å². The summed E-state index contributed by atoms with van der Waals surface area (Å²) >= 11 is 1.47. The number of thioether (sulfide) groups is 1. The Balaban J connectivity index is 2.10. The van der Waals surface area contributed by atoms with Gasteiger partial charge in [0.2, 0.25) is 0 Å². The van der Waals surface area contributed by atoms with E-state index in [1.54, 1.807) is 19.9 Å². The van der Waals surface area contributed by atoms with Gasteiger partial charge in [0, 0.05) is 5.75 Å². The molecule has 0 radical (unpaired) electrons. The van der Waals surface area contributed by atoms with Gasteiger partial charge in [-0.3, -0.25) is 0 Å². The summed E-state index contributed by atoms with van der Waals surface area (Å²) in [5.41, 5.74) is 2.43. The van der Waals surface area contributed by atoms with Crippen LogP contribution in [0.1, 0.15) is 34.1 Å². The van der Waals surface area contributed by atoms with E-state index in [9.17, 15) is 10.1 Å². The second-order valence-electron chi connectivity index (χ2n) is 4.93. The summed E-state index contributed by atoms with van der Waals surface area (Å²) < 4.78 is 4.99. The molecular formula is C19H18N2O2S. The number of rotatable bonds is 6. The molecule has 0 aliphatic rings. The largest absolute Gasteiger partial charge is 0.462 e. The van der Waals surface area contributed by atoms with E-state index in [1.807, 2.05) is 42.5 Å². The highest BCUT2D eigenvalue weighted by atomic mass is 32.2. The molecule has 0 atom stereocenters. The number of hydrogen-bond donors (Lipinski definition) is 0. The number of benzene rings is 1. The van der Waals surface area contributed by atoms with Crippen LogP contribution in [0, 0.1) is 18.3 Å². The molecule has 2 aromatic rings. The van der Waals surface area contributed by atoms with E-state index < -0.39 is 5.97 Å². The molecule has 0 fully saturated rings. The fourth-order valence-corrected chi connectivity index (χ4v) is 2.88. The molecule has 2 rings (SSSR count). The molecule has 0 spiro atoms. The Bertz CT molecular complexity index is 780. The summed E-state index contributed by atoms with van der Waals surface area (Å²) in [4.78, 5) is 16.3. The average Bonchev–Trinajstić information content (AvgIpc) is 2.60. The van der Waals surface area contributed by atoms with Gasteiger partial charge in [-0.05, 0) is 25.5 Å². The van der Waals surface area contributed by atoms with Gasteiger partial charge in [-0.25, -0.2) is 9.78 Å². The number of esters is 1. The van der Waals surface area contributed by atoms with E-state index in [0.717, 1.165) is 5.56 Å². The van der Waals surface area contributed by atoms with Crippen LogP contribution >= 0.6 is 11.8 Å². The number of hydrogen-bond acceptors (Lipinski definition) is 5. The molecule has 0 N–H and O–H groups in total. The summed E-state index contributed by atoms with van der Waals surface area (Å²) in [7, 11) is 0. The molecule has 0 amide bonds. The Morgan fingerprint density at radius 2 is 2.12 bits per heavy atom. The van der Waals surface area contributed by atoms with Crippen molar-refractivity contribution in [3.63, 3.8) is 0 Å². The highest BCUT2D eigenvalue weighted by Crippen LogP contribution is 2.23. The predicted molar refractivity (Wildman–Crippen MR) is 95.8 cm³/mol. The van der Waals surface area contributed by atoms with Gasteiger partial charge in [-0.1, -0.05) is 42.5 Å². The molecule has 0 aliphatic carbocycles. The van der Waals surface area contributed by atoms with Crippen molar-refractivity contribution in [1.82, 2.24) is 4.98 Å². The minimum Gasteiger partial charge on any atom is -0.462 e. The first-order valence-corrected chi connectivity index (χ1v) is 8.57. The van der Waals surface area contributed by atoms with E-state index in [-0.39, 0.29) is 0 Å². The van der Waals surface area contributed by atoms with Crippen LogP contribution in [0.5, 0.6) is 0 Å². The van der Waals surface area contributed by atoms with Gasteiger partial charge >= 0.3 is 5.97 Å². The van der Waals surface area contributed by atoms with Crippen molar-refractivity contribution in [2.24, 2.45) is 0 Å². The number of nitrogens with zero attached hydrogens (tertiary/aromatic N) is 2. The molecular weight excluding hydrogens is 320 g/mol. The number of aryl methyl sites for hydroxylation is 1. The van der Waals surface area contributed by atoms with Crippen molar-refractivity contribution >= 4 is 23.8 Å². The summed E-state index contributed by atoms with van der Waals surface area (Å²) in [5.74, 6) is 0.244. The third kappa shape index (κ3) is 4.71. The Morgan fingerprint density at radius 1 is 1.38 bits per heavy atom. The van der Waals surface area contributed by atoms with Crippen LogP contribution in [0.15, 0.2) is 47.5 Å². The standard InChI is InChI=1S/C19H18N2O2S/c1-3-23-19(22)17-12-16(13-20)18(21-14(17)2)24-11-7-10-15-8-5-4-6-9-15/h4-10,12H,3,11H2,1-2H3/b10-7+. The quantitative estimate of drug-likeness (QED) is 0.582. The molecule has 0 bridgehead atoms. The fourth-order valence-electron chi connectivity index (χ4n) is 2.06. The Hall–Kier alpha value is -2.58. The fraction of sp³-hybridized carbons (Fsp3) is 0.211. The molecule has 4 nitrogen and oxygen atoms in total. The zero-order valence-electron chi connectivity index (χ0n) is 13.7. The molecule has 0 saturated heterocycles. The van der Waals surface area contributed by atoms with E-state index in [1.165, 1.54) is 11.8 Å². The first-order valence-electron chi connectivity index (χ1n) is 7.59. The smallest absolute Gasteiger partial charge is 0.340 e. The van der Waals surface area contributed by atoms with Crippen LogP contribution in [0.4, 0.5) is 0 Å². The molecule has 0 unspecified atom stereocenters. The predicted octanol–water partition coefficient (Wildman–Crippen LogP) is 4.24. The molecule has 1 aromatic heterocycles. The zero-order valence-corrected chi connectivity index (χ0v) is 14.5. The van der Waals surface area contributed by atoms with E-state index in [0.29, 0.717) is 34.2 Å². The molecule has 5 heteroatoms. The molecule has 1 heterocycles. The average molecular weight is 338 g/mol. The van der Waals surface area contributed by atoms with Gasteiger partial charge in [-0.2, -0.15) is 5.26 Å². The van der Waals surface area contributed by atoms with Gasteiger partial charge in [0.05, 0.1) is 23.4 Å². The molecule has 0 saturated carbocycles. The first kappa shape index (κ1) is 17.8. The first-order chi connectivity index (χ1) is 11.7. The zero-order chi connectivity index (χ0) is 17.4. The minimum atomic E-state index is -0.445. The van der Waals surface area contributed by atoms with Crippen LogP contribution in [-0.4, -0.2) is 23.3 Å². The Kier molecular flexibility index (Phi) is 6.59. The lowest BCUT2D eigenvalue weighted by molar-refractivity contribution is 0.0524. The second kappa shape index (κ2) is 8.90. The summed E-state index contributed by atoms with van der Waals surface area (Å²) in [6, 6.07) is 13.7. The summed E-state index contributed by atoms with van der Waals surface area (Å²) in [6.07, 6.45) is 4.05. The number of carbonyl (C=O) groups is 1. The topological polar surface area (TPSA) is 63.0 Å². The van der Waals surface area contributed by atoms with Crippen molar-refractivity contribution in [2.45, 2.75) is 18.9 Å². The van der Waals surface area contributed by atoms with Gasteiger partial charge in [0.15, 0.2) is 0 Å². The van der Waals surface area contributed by atoms with E-state index >= 15 is 0 Å². The van der Waals surface area contributed by atoms with Crippen molar-refractivity contribution in [3.05, 3.63) is 64.9 Å². The highest BCUT2D eigenvalue weighted by Gasteiger charge is 2.15. The number of carbonyl (C=O) groups excluding carboxylic acids is 1. The van der Waals surface area contributed by atoms with E-state index in [4.69, 9.17) is 4.74 Å². The van der Waals surface area contributed by atoms with Crippen molar-refractivity contribution < 1.29 is 9.53 Å². The molecule has 24 heavy (non-hydrogen) atoms. The molecule has 0 aliphatic heterocycles. The van der Waals surface area contributed by atoms with Crippen molar-refractivity contribution in [3.8, 4) is 6.07 Å². The highest BCUT2D eigenvalue weighted by molar-refractivity contribution is 7.99. The van der Waals surface area contributed by atoms with Crippen LogP contribution in [0.25, 0.3) is 6.08 Å². The Morgan fingerprint density at radius 3 is 2.79 bits per heavy atom. The van der Waals surface area contributed by atoms with Gasteiger partial charge in [-0.15, -0.1) is 11.8 Å². The Labute approximate surface area is 146 Å². The monoisotopic (exact) mass is 338 g/mol. The van der Waals surface area contributed by atoms with Gasteiger partial charge in [0.25, 0.3) is 0 Å². The maximum absolute atomic E-state index is 11.9. The maximum atomic E-state index is 11.9. The summed E-state index contributed by atoms with van der Waals surface area (Å²) in [5, 5.41) is 9.93. The normalized spacial score (nSPS) is 10.5. The lowest BCUT2D eigenvalue weighted by atomic mass is 10.1. The van der Waals surface area contributed by atoms with Gasteiger partial charge in [0.1, 0.15) is 11.1 Å². The molecule has 122 valence electrons. The van der Waals surface area contributed by atoms with Crippen LogP contribution in [0.2, 0.25) is 0 Å². The molecule has 1 aromatic carbocycles. The SMILES string of the molecule is CCOC(=O)c1cc(C#N)c(SC/C=C/c2ccccc2)nc1C. The van der Waals surface area contributed by atoms with Crippen LogP contribution < -0.4 is 0 Å². The lowest BCUT2D eigenvalue weighted by Gasteiger charge is -2.08.